The number of hydrogen-bond acceptors (Lipinski definition) is 16. The van der Waals surface area contributed by atoms with Gasteiger partial charge in [-0.25, -0.2) is 4.79 Å². The molecule has 26 nitrogen and oxygen atoms in total. The molecule has 8 amide bonds. The van der Waals surface area contributed by atoms with E-state index in [0.717, 1.165) is 0 Å². The molecule has 0 unspecified atom stereocenters. The Kier molecular flexibility index (Phi) is 27.9. The average Bonchev–Trinajstić information content (AvgIpc) is 4.29. The number of nitrogens with one attached hydrogen (secondary N) is 6. The van der Waals surface area contributed by atoms with Gasteiger partial charge in [0.15, 0.2) is 0 Å². The number of amides is 8. The van der Waals surface area contributed by atoms with Crippen molar-refractivity contribution in [2.24, 2.45) is 28.9 Å². The topological polar surface area (TPSA) is 434 Å². The van der Waals surface area contributed by atoms with Crippen LogP contribution in [0.5, 0.6) is 11.5 Å². The van der Waals surface area contributed by atoms with E-state index in [0.29, 0.717) is 75.6 Å². The monoisotopic (exact) mass is 1150 g/mol. The molecule has 9 atom stereocenters. The van der Waals surface area contributed by atoms with Crippen molar-refractivity contribution >= 4 is 59.2 Å². The van der Waals surface area contributed by atoms with Crippen LogP contribution >= 0.6 is 0 Å². The van der Waals surface area contributed by atoms with Gasteiger partial charge in [0.1, 0.15) is 59.8 Å². The summed E-state index contributed by atoms with van der Waals surface area (Å²) >= 11 is 0. The highest BCUT2D eigenvalue weighted by atomic mass is 16.4. The molecule has 2 saturated heterocycles. The van der Waals surface area contributed by atoms with E-state index in [9.17, 15) is 68.4 Å². The number of likely N-dealkylation sites (tertiary alicyclic amines) is 2. The minimum Gasteiger partial charge on any atom is -0.508 e. The van der Waals surface area contributed by atoms with Crippen molar-refractivity contribution in [3.8, 4) is 11.5 Å². The maximum Gasteiger partial charge on any atom is 0.326 e. The smallest absolute Gasteiger partial charge is 0.326 e. The molecule has 0 saturated carbocycles. The van der Waals surface area contributed by atoms with Crippen LogP contribution < -0.4 is 54.8 Å². The van der Waals surface area contributed by atoms with E-state index in [-0.39, 0.29) is 82.5 Å². The number of nitrogens with two attached hydrogens (primary N) is 4. The molecule has 2 aromatic rings. The fourth-order valence-corrected chi connectivity index (χ4v) is 9.97. The van der Waals surface area contributed by atoms with Crippen LogP contribution in [-0.4, -0.2) is 177 Å². The second kappa shape index (κ2) is 34.1. The van der Waals surface area contributed by atoms with Crippen LogP contribution in [0.4, 0.5) is 0 Å². The molecule has 0 bridgehead atoms. The largest absolute Gasteiger partial charge is 0.508 e. The third-order valence-corrected chi connectivity index (χ3v) is 14.6. The number of aliphatic carboxylic acids is 2. The van der Waals surface area contributed by atoms with E-state index in [1.54, 1.807) is 26.0 Å². The molecule has 2 fully saturated rings. The Morgan fingerprint density at radius 1 is 0.512 bits per heavy atom. The highest BCUT2D eigenvalue weighted by Crippen LogP contribution is 2.24. The first-order chi connectivity index (χ1) is 39.1. The van der Waals surface area contributed by atoms with Crippen molar-refractivity contribution in [1.29, 1.82) is 0 Å². The Labute approximate surface area is 478 Å². The lowest BCUT2D eigenvalue weighted by Gasteiger charge is -2.32. The number of benzene rings is 2. The molecule has 0 aliphatic carbocycles. The maximum absolute atomic E-state index is 14.9. The van der Waals surface area contributed by atoms with Gasteiger partial charge in [0.05, 0.1) is 6.04 Å². The minimum atomic E-state index is -1.40. The summed E-state index contributed by atoms with van der Waals surface area (Å²) in [5, 5.41) is 55.6. The number of unbranched alkanes of at least 4 members (excludes halogenated alkanes) is 3. The summed E-state index contributed by atoms with van der Waals surface area (Å²) in [6.45, 7) is 4.42. The van der Waals surface area contributed by atoms with Crippen LogP contribution in [0.25, 0.3) is 0 Å². The predicted octanol–water partition coefficient (Wildman–Crippen LogP) is -0.907. The zero-order valence-electron chi connectivity index (χ0n) is 47.0. The van der Waals surface area contributed by atoms with Gasteiger partial charge in [-0.15, -0.1) is 0 Å². The van der Waals surface area contributed by atoms with Crippen LogP contribution in [0.15, 0.2) is 48.5 Å². The molecule has 4 rings (SSSR count). The van der Waals surface area contributed by atoms with Crippen molar-refractivity contribution in [2.75, 3.05) is 32.7 Å². The summed E-state index contributed by atoms with van der Waals surface area (Å²) in [4.78, 5) is 140. The molecule has 454 valence electrons. The molecular weight excluding hydrogens is 1060 g/mol. The van der Waals surface area contributed by atoms with E-state index in [1.807, 2.05) is 0 Å². The number of phenols is 2. The molecule has 2 aromatic carbocycles. The minimum absolute atomic E-state index is 0.0515. The molecular formula is C56H86N12O14. The molecule has 18 N–H and O–H groups in total. The first kappa shape index (κ1) is 67.1. The van der Waals surface area contributed by atoms with E-state index in [1.165, 1.54) is 46.2 Å². The molecule has 0 radical (unpaired) electrons. The van der Waals surface area contributed by atoms with Gasteiger partial charge >= 0.3 is 11.9 Å². The Bertz CT molecular complexity index is 2470. The Hall–Kier alpha value is -7.42. The van der Waals surface area contributed by atoms with Crippen LogP contribution in [0.2, 0.25) is 0 Å². The molecule has 26 heteroatoms. The number of carbonyl (C=O) groups excluding carboxylic acids is 8. The number of carbonyl (C=O) groups is 10. The molecule has 2 heterocycles. The normalized spacial score (nSPS) is 17.5. The fourth-order valence-electron chi connectivity index (χ4n) is 9.97. The third-order valence-electron chi connectivity index (χ3n) is 14.6. The van der Waals surface area contributed by atoms with E-state index in [2.05, 4.69) is 31.9 Å². The zero-order valence-corrected chi connectivity index (χ0v) is 47.0. The molecule has 0 spiro atoms. The summed E-state index contributed by atoms with van der Waals surface area (Å²) in [5.41, 5.74) is 24.0. The summed E-state index contributed by atoms with van der Waals surface area (Å²) in [6, 6.07) is 0.525. The summed E-state index contributed by atoms with van der Waals surface area (Å²) in [5.74, 6) is -9.03. The van der Waals surface area contributed by atoms with Gasteiger partial charge in [-0.3, -0.25) is 43.2 Å². The first-order valence-electron chi connectivity index (χ1n) is 28.4. The molecule has 2 aliphatic heterocycles. The van der Waals surface area contributed by atoms with Gasteiger partial charge in [0.2, 0.25) is 47.3 Å². The van der Waals surface area contributed by atoms with E-state index >= 15 is 0 Å². The van der Waals surface area contributed by atoms with Gasteiger partial charge in [0, 0.05) is 32.4 Å². The van der Waals surface area contributed by atoms with Crippen LogP contribution in [-0.2, 0) is 60.8 Å². The van der Waals surface area contributed by atoms with Crippen molar-refractivity contribution < 1.29 is 68.4 Å². The third kappa shape index (κ3) is 21.2. The number of carboxylic acids is 2. The van der Waals surface area contributed by atoms with Crippen molar-refractivity contribution in [1.82, 2.24) is 41.7 Å². The van der Waals surface area contributed by atoms with Crippen LogP contribution in [0.3, 0.4) is 0 Å². The number of carboxylic acid groups (broad SMARTS) is 2. The number of nitrogens with zero attached hydrogens (tertiary/aromatic N) is 2. The standard InChI is InChI=1S/C56H86N12O14/c1-33(2)47(53(78)63-41(56(81)82)13-5-8-28-59)66-49(74)39(12-4-7-27-58)61-50(75)42(31-34-16-20-36(69)21-17-34)64-51(76)44-14-10-30-68(44)55(80)43(32-35-18-22-37(70)23-19-35)65-52(77)45-15-9-29-67(45)54(79)40(24-25-46(71)72)62-48(73)38(60)11-3-6-26-57/h16-23,33,38-45,47,69-70H,3-15,24-32,57-60H2,1-2H3,(H,61,75)(H,62,73)(H,63,78)(H,64,76)(H,65,77)(H,66,74)(H,71,72)(H,81,82)/t38-,39-,40+,41-,42-,43+,44-,45-,47+/m1/s1. The Morgan fingerprint density at radius 2 is 0.939 bits per heavy atom. The van der Waals surface area contributed by atoms with E-state index < -0.39 is 126 Å². The Balaban J connectivity index is 1.61. The number of hydrogen-bond donors (Lipinski definition) is 14. The zero-order chi connectivity index (χ0) is 60.5. The molecule has 2 aliphatic rings. The van der Waals surface area contributed by atoms with Gasteiger partial charge in [-0.2, -0.15) is 0 Å². The summed E-state index contributed by atoms with van der Waals surface area (Å²) in [7, 11) is 0. The van der Waals surface area contributed by atoms with Crippen molar-refractivity contribution in [3.63, 3.8) is 0 Å². The quantitative estimate of drug-likeness (QED) is 0.0372. The molecule has 82 heavy (non-hydrogen) atoms. The molecule has 0 aromatic heterocycles. The van der Waals surface area contributed by atoms with Gasteiger partial charge in [-0.05, 0) is 144 Å². The lowest BCUT2D eigenvalue weighted by atomic mass is 10.00. The summed E-state index contributed by atoms with van der Waals surface area (Å²) < 4.78 is 0. The second-order valence-electron chi connectivity index (χ2n) is 21.4. The lowest BCUT2D eigenvalue weighted by molar-refractivity contribution is -0.145. The van der Waals surface area contributed by atoms with Crippen molar-refractivity contribution in [3.05, 3.63) is 59.7 Å². The number of phenolic OH excluding ortho intramolecular Hbond substituents is 2. The predicted molar refractivity (Wildman–Crippen MR) is 301 cm³/mol. The van der Waals surface area contributed by atoms with Gasteiger partial charge < -0.3 is 85.1 Å². The SMILES string of the molecule is CC(C)[C@H](NC(=O)[C@@H](CCCCN)NC(=O)[C@@H](Cc1ccc(O)cc1)NC(=O)[C@H]1CCCN1C(=O)[C@H](Cc1ccc(O)cc1)NC(=O)[C@H]1CCCN1C(=O)[C@H](CCC(=O)O)NC(=O)[C@H](N)CCCCN)C(=O)N[C@H](CCCCN)C(=O)O. The fraction of sp³-hybridized carbons (Fsp3) is 0.607. The number of rotatable bonds is 35. The first-order valence-corrected chi connectivity index (χ1v) is 28.4. The second-order valence-corrected chi connectivity index (χ2v) is 21.4. The highest BCUT2D eigenvalue weighted by molar-refractivity contribution is 5.98. The maximum atomic E-state index is 14.9. The average molecular weight is 1150 g/mol. The van der Waals surface area contributed by atoms with Crippen LogP contribution in [0, 0.1) is 5.92 Å². The van der Waals surface area contributed by atoms with Crippen LogP contribution in [0.1, 0.15) is 121 Å². The van der Waals surface area contributed by atoms with E-state index in [4.69, 9.17) is 22.9 Å². The lowest BCUT2D eigenvalue weighted by Crippen LogP contribution is -2.60. The van der Waals surface area contributed by atoms with Gasteiger partial charge in [-0.1, -0.05) is 44.5 Å². The summed E-state index contributed by atoms with van der Waals surface area (Å²) in [6.07, 6.45) is 3.26. The van der Waals surface area contributed by atoms with Crippen molar-refractivity contribution in [2.45, 2.75) is 177 Å². The van der Waals surface area contributed by atoms with Gasteiger partial charge in [0.25, 0.3) is 0 Å². The number of aromatic hydroxyl groups is 2. The highest BCUT2D eigenvalue weighted by Gasteiger charge is 2.43. The Morgan fingerprint density at radius 3 is 1.41 bits per heavy atom.